The van der Waals surface area contributed by atoms with Gasteiger partial charge in [-0.1, -0.05) is 0 Å². The van der Waals surface area contributed by atoms with Gasteiger partial charge in [-0.15, -0.1) is 5.11 Å². The number of anilines is 3. The molecule has 2 amide bonds. The first-order chi connectivity index (χ1) is 32.9. The standard InChI is InChI=1S/C49H37F5N8O6/c1-66-39-22-38(60-13-3-4-14-60)40(67-2)21-32(39)59-58-24-5-6-29-23(17-24)18-33(55-29)47(63)61-15-11-25-27-19-34(56-30(27)7-9-36(25)61)48(64)62-16-12-26-28-20-35(57-31(28)8-10-37(26)62)49(65)68-46-44(53)42(51)41(50)43(52)45(46)54/h5-10,17-22,55-57H,3-4,11-16H2,1-2H3. The molecule has 6 heterocycles. The molecule has 11 rings (SSSR count). The zero-order valence-electron chi connectivity index (χ0n) is 36.2. The number of methoxy groups -OCH3 is 2. The Hall–Kier alpha value is -8.22. The van der Waals surface area contributed by atoms with Crippen LogP contribution in [-0.2, 0) is 12.8 Å². The summed E-state index contributed by atoms with van der Waals surface area (Å²) in [6.07, 6.45) is 3.17. The van der Waals surface area contributed by atoms with E-state index in [1.807, 2.05) is 42.5 Å². The Kier molecular flexibility index (Phi) is 10.2. The number of aromatic nitrogens is 3. The smallest absolute Gasteiger partial charge is 0.360 e. The Labute approximate surface area is 381 Å². The SMILES string of the molecule is COc1cc(N2CCCC2)c(OC)cc1N=Nc1ccc2[nH]c(C(=O)N3CCc4c3ccc3[nH]c(C(=O)N5CCc6c5ccc5[nH]c(C(=O)Oc7c(F)c(F)c(F)c(F)c7F)cc65)cc43)cc2c1. The van der Waals surface area contributed by atoms with E-state index in [1.165, 1.54) is 6.07 Å². The molecule has 0 saturated carbocycles. The Morgan fingerprint density at radius 2 is 1.10 bits per heavy atom. The van der Waals surface area contributed by atoms with Crippen molar-refractivity contribution in [2.24, 2.45) is 10.2 Å². The number of hydrogen-bond acceptors (Lipinski definition) is 9. The third kappa shape index (κ3) is 6.86. The molecule has 0 bridgehead atoms. The van der Waals surface area contributed by atoms with Crippen LogP contribution in [0.25, 0.3) is 32.7 Å². The third-order valence-corrected chi connectivity index (χ3v) is 12.9. The number of amides is 2. The highest BCUT2D eigenvalue weighted by Gasteiger charge is 2.33. The Bertz CT molecular complexity index is 3460. The van der Waals surface area contributed by atoms with Gasteiger partial charge in [-0.25, -0.2) is 18.0 Å². The molecule has 5 aromatic carbocycles. The summed E-state index contributed by atoms with van der Waals surface area (Å²) in [5.41, 5.74) is 7.20. The van der Waals surface area contributed by atoms with Crippen LogP contribution in [0.1, 0.15) is 55.4 Å². The van der Waals surface area contributed by atoms with Crippen LogP contribution in [0.15, 0.2) is 83.0 Å². The minimum absolute atomic E-state index is 0.219. The fraction of sp³-hybridized carbons (Fsp3) is 0.204. The topological polar surface area (TPSA) is 161 Å². The lowest BCUT2D eigenvalue weighted by Gasteiger charge is -2.21. The molecule has 68 heavy (non-hydrogen) atoms. The maximum absolute atomic E-state index is 14.3. The van der Waals surface area contributed by atoms with Gasteiger partial charge in [-0.2, -0.15) is 13.9 Å². The normalized spacial score (nSPS) is 14.5. The van der Waals surface area contributed by atoms with Gasteiger partial charge >= 0.3 is 5.97 Å². The minimum Gasteiger partial charge on any atom is -0.494 e. The molecule has 3 aliphatic rings. The average Bonchev–Trinajstić information content (AvgIpc) is 4.22. The van der Waals surface area contributed by atoms with Crippen molar-refractivity contribution in [1.82, 2.24) is 15.0 Å². The molecule has 1 fully saturated rings. The molecule has 0 radical (unpaired) electrons. The highest BCUT2D eigenvalue weighted by atomic mass is 19.2. The largest absolute Gasteiger partial charge is 0.494 e. The average molecular weight is 929 g/mol. The lowest BCUT2D eigenvalue weighted by atomic mass is 10.1. The van der Waals surface area contributed by atoms with Crippen LogP contribution in [0.4, 0.5) is 50.4 Å². The van der Waals surface area contributed by atoms with E-state index in [-0.39, 0.29) is 24.1 Å². The fourth-order valence-electron chi connectivity index (χ4n) is 9.54. The van der Waals surface area contributed by atoms with Crippen molar-refractivity contribution in [3.63, 3.8) is 0 Å². The number of carbonyl (C=O) groups excluding carboxylic acids is 3. The van der Waals surface area contributed by atoms with E-state index >= 15 is 0 Å². The second-order valence-corrected chi connectivity index (χ2v) is 16.7. The highest BCUT2D eigenvalue weighted by Crippen LogP contribution is 2.43. The van der Waals surface area contributed by atoms with Crippen LogP contribution >= 0.6 is 0 Å². The number of nitrogens with one attached hydrogen (secondary N) is 3. The van der Waals surface area contributed by atoms with Crippen molar-refractivity contribution in [3.8, 4) is 17.2 Å². The summed E-state index contributed by atoms with van der Waals surface area (Å²) in [6, 6.07) is 21.1. The van der Waals surface area contributed by atoms with Crippen molar-refractivity contribution in [1.29, 1.82) is 0 Å². The fourth-order valence-corrected chi connectivity index (χ4v) is 9.54. The van der Waals surface area contributed by atoms with Gasteiger partial charge in [0, 0.05) is 82.4 Å². The predicted octanol–water partition coefficient (Wildman–Crippen LogP) is 10.5. The molecule has 3 aliphatic heterocycles. The van der Waals surface area contributed by atoms with Crippen LogP contribution in [-0.4, -0.2) is 73.1 Å². The second-order valence-electron chi connectivity index (χ2n) is 16.7. The van der Waals surface area contributed by atoms with Gasteiger partial charge in [0.05, 0.1) is 25.6 Å². The van der Waals surface area contributed by atoms with Gasteiger partial charge in [-0.05, 0) is 97.5 Å². The summed E-state index contributed by atoms with van der Waals surface area (Å²) in [6.45, 7) is 2.59. The number of nitrogens with zero attached hydrogens (tertiary/aromatic N) is 5. The molecule has 0 spiro atoms. The van der Waals surface area contributed by atoms with Gasteiger partial charge in [0.15, 0.2) is 0 Å². The van der Waals surface area contributed by atoms with Crippen molar-refractivity contribution in [3.05, 3.63) is 130 Å². The van der Waals surface area contributed by atoms with Crippen LogP contribution in [0.5, 0.6) is 17.2 Å². The molecule has 3 N–H and O–H groups in total. The van der Waals surface area contributed by atoms with E-state index in [4.69, 9.17) is 9.47 Å². The molecular weight excluding hydrogens is 892 g/mol. The summed E-state index contributed by atoms with van der Waals surface area (Å²) in [5.74, 6) is -13.8. The first-order valence-corrected chi connectivity index (χ1v) is 21.6. The first kappa shape index (κ1) is 42.4. The third-order valence-electron chi connectivity index (χ3n) is 12.9. The number of azo groups is 1. The predicted molar refractivity (Wildman–Crippen MR) is 242 cm³/mol. The highest BCUT2D eigenvalue weighted by molar-refractivity contribution is 6.13. The maximum Gasteiger partial charge on any atom is 0.360 e. The molecule has 19 heteroatoms. The lowest BCUT2D eigenvalue weighted by Crippen LogP contribution is -2.29. The number of esters is 1. The van der Waals surface area contributed by atoms with E-state index in [1.54, 1.807) is 48.3 Å². The number of carbonyl (C=O) groups is 3. The van der Waals surface area contributed by atoms with Crippen molar-refractivity contribution in [2.75, 3.05) is 55.1 Å². The Balaban J connectivity index is 0.804. The molecule has 0 aliphatic carbocycles. The van der Waals surface area contributed by atoms with Gasteiger partial charge in [0.2, 0.25) is 34.8 Å². The summed E-state index contributed by atoms with van der Waals surface area (Å²) < 4.78 is 85.5. The number of ether oxygens (including phenoxy) is 3. The summed E-state index contributed by atoms with van der Waals surface area (Å²) in [7, 11) is 3.22. The van der Waals surface area contributed by atoms with Crippen LogP contribution in [0.3, 0.4) is 0 Å². The van der Waals surface area contributed by atoms with Crippen molar-refractivity contribution in [2.45, 2.75) is 25.7 Å². The van der Waals surface area contributed by atoms with E-state index < -0.39 is 40.8 Å². The van der Waals surface area contributed by atoms with Crippen LogP contribution in [0.2, 0.25) is 0 Å². The zero-order valence-corrected chi connectivity index (χ0v) is 36.2. The van der Waals surface area contributed by atoms with E-state index in [9.17, 15) is 36.3 Å². The van der Waals surface area contributed by atoms with Gasteiger partial charge < -0.3 is 43.9 Å². The molecular formula is C49H37F5N8O6. The molecule has 1 saturated heterocycles. The van der Waals surface area contributed by atoms with E-state index in [0.717, 1.165) is 59.2 Å². The summed E-state index contributed by atoms with van der Waals surface area (Å²) >= 11 is 0. The maximum atomic E-state index is 14.3. The van der Waals surface area contributed by atoms with Crippen LogP contribution < -0.4 is 28.9 Å². The van der Waals surface area contributed by atoms with Gasteiger partial charge in [0.1, 0.15) is 34.3 Å². The van der Waals surface area contributed by atoms with Crippen molar-refractivity contribution < 1.29 is 50.5 Å². The quantitative estimate of drug-likeness (QED) is 0.0324. The molecule has 0 unspecified atom stereocenters. The second kappa shape index (κ2) is 16.3. The lowest BCUT2D eigenvalue weighted by molar-refractivity contribution is 0.0710. The number of halogens is 5. The first-order valence-electron chi connectivity index (χ1n) is 21.6. The molecule has 8 aromatic rings. The van der Waals surface area contributed by atoms with Crippen molar-refractivity contribution >= 4 is 78.9 Å². The summed E-state index contributed by atoms with van der Waals surface area (Å²) in [4.78, 5) is 55.9. The minimum atomic E-state index is -2.38. The number of rotatable bonds is 9. The Morgan fingerprint density at radius 3 is 1.72 bits per heavy atom. The van der Waals surface area contributed by atoms with Gasteiger partial charge in [0.25, 0.3) is 11.8 Å². The Morgan fingerprint density at radius 1 is 0.559 bits per heavy atom. The molecule has 14 nitrogen and oxygen atoms in total. The number of benzene rings is 5. The van der Waals surface area contributed by atoms with Crippen LogP contribution in [0, 0.1) is 29.1 Å². The van der Waals surface area contributed by atoms with Gasteiger partial charge in [-0.3, -0.25) is 9.59 Å². The molecule has 0 atom stereocenters. The zero-order chi connectivity index (χ0) is 47.1. The monoisotopic (exact) mass is 928 g/mol. The molecule has 344 valence electrons. The number of hydrogen-bond donors (Lipinski definition) is 3. The van der Waals surface area contributed by atoms with E-state index in [2.05, 4.69) is 34.8 Å². The number of fused-ring (bicyclic) bond motifs is 7. The molecule has 3 aromatic heterocycles. The van der Waals surface area contributed by atoms with E-state index in [0.29, 0.717) is 81.3 Å². The number of aromatic amines is 3. The summed E-state index contributed by atoms with van der Waals surface area (Å²) in [5, 5.41) is 11.1. The number of H-pyrrole nitrogens is 3.